The summed E-state index contributed by atoms with van der Waals surface area (Å²) in [5.74, 6) is 1.40. The average molecular weight is 260 g/mol. The van der Waals surface area contributed by atoms with Gasteiger partial charge in [-0.05, 0) is 37.1 Å². The van der Waals surface area contributed by atoms with Crippen molar-refractivity contribution in [3.05, 3.63) is 29.3 Å². The SMILES string of the molecule is COc1ccc(CN(C)CC(C#N)C(C)C)cc1C. The molecule has 0 radical (unpaired) electrons. The van der Waals surface area contributed by atoms with Crippen LogP contribution < -0.4 is 4.74 Å². The van der Waals surface area contributed by atoms with Crippen molar-refractivity contribution in [2.75, 3.05) is 20.7 Å². The van der Waals surface area contributed by atoms with Crippen LogP contribution in [0.5, 0.6) is 5.75 Å². The van der Waals surface area contributed by atoms with Crippen molar-refractivity contribution in [1.82, 2.24) is 4.90 Å². The monoisotopic (exact) mass is 260 g/mol. The number of nitrogens with zero attached hydrogens (tertiary/aromatic N) is 2. The third-order valence-electron chi connectivity index (χ3n) is 3.39. The summed E-state index contributed by atoms with van der Waals surface area (Å²) in [5, 5.41) is 9.13. The predicted molar refractivity (Wildman–Crippen MR) is 78.0 cm³/mol. The van der Waals surface area contributed by atoms with Gasteiger partial charge < -0.3 is 9.64 Å². The third-order valence-corrected chi connectivity index (χ3v) is 3.39. The predicted octanol–water partition coefficient (Wildman–Crippen LogP) is 3.23. The second-order valence-electron chi connectivity index (χ2n) is 5.48. The minimum absolute atomic E-state index is 0.0874. The Labute approximate surface area is 116 Å². The lowest BCUT2D eigenvalue weighted by Gasteiger charge is -2.22. The van der Waals surface area contributed by atoms with Gasteiger partial charge in [-0.25, -0.2) is 0 Å². The molecule has 0 N–H and O–H groups in total. The molecule has 0 amide bonds. The van der Waals surface area contributed by atoms with Gasteiger partial charge >= 0.3 is 0 Å². The molecule has 1 aromatic rings. The van der Waals surface area contributed by atoms with Crippen LogP contribution in [0.3, 0.4) is 0 Å². The highest BCUT2D eigenvalue weighted by molar-refractivity contribution is 5.36. The topological polar surface area (TPSA) is 36.3 Å². The van der Waals surface area contributed by atoms with Gasteiger partial charge in [-0.15, -0.1) is 0 Å². The lowest BCUT2D eigenvalue weighted by molar-refractivity contribution is 0.265. The zero-order valence-electron chi connectivity index (χ0n) is 12.6. The van der Waals surface area contributed by atoms with Gasteiger partial charge in [0.15, 0.2) is 0 Å². The van der Waals surface area contributed by atoms with Crippen LogP contribution in [0.1, 0.15) is 25.0 Å². The van der Waals surface area contributed by atoms with Crippen molar-refractivity contribution >= 4 is 0 Å². The molecule has 1 unspecified atom stereocenters. The number of nitriles is 1. The van der Waals surface area contributed by atoms with Crippen molar-refractivity contribution in [2.24, 2.45) is 11.8 Å². The highest BCUT2D eigenvalue weighted by Crippen LogP contribution is 2.20. The van der Waals surface area contributed by atoms with E-state index < -0.39 is 0 Å². The molecule has 3 heteroatoms. The average Bonchev–Trinajstić information content (AvgIpc) is 2.35. The maximum Gasteiger partial charge on any atom is 0.121 e. The molecule has 1 aromatic carbocycles. The molecule has 0 bridgehead atoms. The Balaban J connectivity index is 2.64. The summed E-state index contributed by atoms with van der Waals surface area (Å²) in [4.78, 5) is 2.20. The minimum atomic E-state index is 0.0874. The molecule has 1 atom stereocenters. The van der Waals surface area contributed by atoms with Gasteiger partial charge in [-0.1, -0.05) is 26.0 Å². The van der Waals surface area contributed by atoms with E-state index in [0.29, 0.717) is 5.92 Å². The summed E-state index contributed by atoms with van der Waals surface area (Å²) in [7, 11) is 3.75. The summed E-state index contributed by atoms with van der Waals surface area (Å²) in [6.07, 6.45) is 0. The Morgan fingerprint density at radius 1 is 1.37 bits per heavy atom. The van der Waals surface area contributed by atoms with Crippen LogP contribution in [0.25, 0.3) is 0 Å². The van der Waals surface area contributed by atoms with Crippen molar-refractivity contribution in [1.29, 1.82) is 5.26 Å². The highest BCUT2D eigenvalue weighted by Gasteiger charge is 2.15. The number of aryl methyl sites for hydroxylation is 1. The molecule has 0 heterocycles. The van der Waals surface area contributed by atoms with Crippen LogP contribution in [0, 0.1) is 30.1 Å². The normalized spacial score (nSPS) is 12.5. The van der Waals surface area contributed by atoms with Gasteiger partial charge in [0.25, 0.3) is 0 Å². The zero-order chi connectivity index (χ0) is 14.4. The minimum Gasteiger partial charge on any atom is -0.496 e. The summed E-state index contributed by atoms with van der Waals surface area (Å²) < 4.78 is 5.26. The molecule has 0 aliphatic heterocycles. The number of rotatable bonds is 6. The molecule has 0 saturated heterocycles. The Kier molecular flexibility index (Phi) is 5.85. The Hall–Kier alpha value is -1.53. The molecule has 0 aromatic heterocycles. The molecule has 0 saturated carbocycles. The third kappa shape index (κ3) is 4.57. The van der Waals surface area contributed by atoms with Crippen molar-refractivity contribution in [2.45, 2.75) is 27.3 Å². The Morgan fingerprint density at radius 3 is 2.53 bits per heavy atom. The summed E-state index contributed by atoms with van der Waals surface area (Å²) in [6.45, 7) is 7.90. The fraction of sp³-hybridized carbons (Fsp3) is 0.562. The van der Waals surface area contributed by atoms with Gasteiger partial charge in [-0.3, -0.25) is 0 Å². The van der Waals surface area contributed by atoms with Crippen LogP contribution in [0.2, 0.25) is 0 Å². The fourth-order valence-electron chi connectivity index (χ4n) is 2.15. The number of hydrogen-bond donors (Lipinski definition) is 0. The number of hydrogen-bond acceptors (Lipinski definition) is 3. The lowest BCUT2D eigenvalue weighted by atomic mass is 9.97. The van der Waals surface area contributed by atoms with Crippen LogP contribution in [-0.2, 0) is 6.54 Å². The second-order valence-corrected chi connectivity index (χ2v) is 5.48. The molecule has 19 heavy (non-hydrogen) atoms. The molecule has 0 fully saturated rings. The Morgan fingerprint density at radius 2 is 2.05 bits per heavy atom. The number of benzene rings is 1. The largest absolute Gasteiger partial charge is 0.496 e. The number of ether oxygens (including phenoxy) is 1. The molecule has 104 valence electrons. The summed E-state index contributed by atoms with van der Waals surface area (Å²) in [5.41, 5.74) is 2.40. The van der Waals surface area contributed by atoms with E-state index in [4.69, 9.17) is 10.00 Å². The van der Waals surface area contributed by atoms with Gasteiger partial charge in [0.1, 0.15) is 5.75 Å². The van der Waals surface area contributed by atoms with Crippen LogP contribution in [0.4, 0.5) is 0 Å². The highest BCUT2D eigenvalue weighted by atomic mass is 16.5. The first-order valence-corrected chi connectivity index (χ1v) is 6.69. The van der Waals surface area contributed by atoms with Crippen molar-refractivity contribution in [3.63, 3.8) is 0 Å². The van der Waals surface area contributed by atoms with Gasteiger partial charge in [0, 0.05) is 13.1 Å². The zero-order valence-corrected chi connectivity index (χ0v) is 12.6. The van der Waals surface area contributed by atoms with Crippen molar-refractivity contribution in [3.8, 4) is 11.8 Å². The van der Waals surface area contributed by atoms with E-state index in [1.54, 1.807) is 7.11 Å². The van der Waals surface area contributed by atoms with Crippen molar-refractivity contribution < 1.29 is 4.74 Å². The van der Waals surface area contributed by atoms with E-state index in [-0.39, 0.29) is 5.92 Å². The standard InChI is InChI=1S/C16H24N2O/c1-12(2)15(9-17)11-18(4)10-14-6-7-16(19-5)13(3)8-14/h6-8,12,15H,10-11H2,1-5H3. The maximum atomic E-state index is 9.13. The van der Waals surface area contributed by atoms with Crippen LogP contribution >= 0.6 is 0 Å². The maximum absolute atomic E-state index is 9.13. The van der Waals surface area contributed by atoms with Gasteiger partial charge in [0.05, 0.1) is 19.1 Å². The quantitative estimate of drug-likeness (QED) is 0.788. The van der Waals surface area contributed by atoms with Crippen LogP contribution in [0.15, 0.2) is 18.2 Å². The Bertz CT molecular complexity index is 449. The van der Waals surface area contributed by atoms with E-state index in [2.05, 4.69) is 50.9 Å². The number of methoxy groups -OCH3 is 1. The summed E-state index contributed by atoms with van der Waals surface area (Å²) in [6, 6.07) is 8.62. The fourth-order valence-corrected chi connectivity index (χ4v) is 2.15. The van der Waals surface area contributed by atoms with E-state index in [1.165, 1.54) is 5.56 Å². The second kappa shape index (κ2) is 7.16. The first-order chi connectivity index (χ1) is 8.97. The molecule has 3 nitrogen and oxygen atoms in total. The van der Waals surface area contributed by atoms with E-state index in [9.17, 15) is 0 Å². The smallest absolute Gasteiger partial charge is 0.121 e. The summed E-state index contributed by atoms with van der Waals surface area (Å²) >= 11 is 0. The molecule has 0 aliphatic rings. The molecule has 0 aliphatic carbocycles. The van der Waals surface area contributed by atoms with Gasteiger partial charge in [-0.2, -0.15) is 5.26 Å². The molecular formula is C16H24N2O. The molecule has 1 rings (SSSR count). The molecular weight excluding hydrogens is 236 g/mol. The van der Waals surface area contributed by atoms with E-state index in [1.807, 2.05) is 6.07 Å². The van der Waals surface area contributed by atoms with Crippen LogP contribution in [-0.4, -0.2) is 25.6 Å². The van der Waals surface area contributed by atoms with E-state index >= 15 is 0 Å². The van der Waals surface area contributed by atoms with E-state index in [0.717, 1.165) is 24.4 Å². The van der Waals surface area contributed by atoms with Gasteiger partial charge in [0.2, 0.25) is 0 Å². The lowest BCUT2D eigenvalue weighted by Crippen LogP contribution is -2.27. The molecule has 0 spiro atoms. The first kappa shape index (κ1) is 15.5. The first-order valence-electron chi connectivity index (χ1n) is 6.69.